The summed E-state index contributed by atoms with van der Waals surface area (Å²) in [5, 5.41) is 3.00. The van der Waals surface area contributed by atoms with Crippen LogP contribution in [-0.4, -0.2) is 59.2 Å². The van der Waals surface area contributed by atoms with Crippen LogP contribution in [0.1, 0.15) is 46.5 Å². The maximum Gasteiger partial charge on any atom is 0.410 e. The lowest BCUT2D eigenvalue weighted by Gasteiger charge is -2.43. The molecule has 2 aliphatic heterocycles. The van der Waals surface area contributed by atoms with E-state index in [4.69, 9.17) is 4.74 Å². The second-order valence-corrected chi connectivity index (χ2v) is 7.90. The monoisotopic (exact) mass is 309 g/mol. The number of urea groups is 1. The molecule has 6 nitrogen and oxygen atoms in total. The molecule has 22 heavy (non-hydrogen) atoms. The number of likely N-dealkylation sites (tertiary alicyclic amines) is 1. The first-order valence-electron chi connectivity index (χ1n) is 8.32. The average molecular weight is 309 g/mol. The van der Waals surface area contributed by atoms with Crippen molar-refractivity contribution in [3.05, 3.63) is 0 Å². The molecule has 1 N–H and O–H groups in total. The Labute approximate surface area is 132 Å². The molecule has 0 radical (unpaired) electrons. The Balaban J connectivity index is 1.60. The van der Waals surface area contributed by atoms with Crippen LogP contribution in [-0.2, 0) is 4.74 Å². The van der Waals surface area contributed by atoms with E-state index in [-0.39, 0.29) is 17.7 Å². The zero-order valence-electron chi connectivity index (χ0n) is 13.9. The van der Waals surface area contributed by atoms with Crippen LogP contribution < -0.4 is 5.32 Å². The Kier molecular flexibility index (Phi) is 3.73. The molecule has 0 bridgehead atoms. The first-order valence-corrected chi connectivity index (χ1v) is 8.32. The molecule has 0 aromatic rings. The topological polar surface area (TPSA) is 61.9 Å². The Hall–Kier alpha value is -1.46. The predicted octanol–water partition coefficient (Wildman–Crippen LogP) is 2.19. The van der Waals surface area contributed by atoms with E-state index in [9.17, 15) is 9.59 Å². The van der Waals surface area contributed by atoms with Gasteiger partial charge in [0.05, 0.1) is 5.54 Å². The minimum atomic E-state index is -0.463. The van der Waals surface area contributed by atoms with Crippen LogP contribution in [0.5, 0.6) is 0 Å². The summed E-state index contributed by atoms with van der Waals surface area (Å²) < 4.78 is 5.44. The Morgan fingerprint density at radius 3 is 2.50 bits per heavy atom. The molecule has 1 spiro atoms. The van der Waals surface area contributed by atoms with E-state index in [1.54, 1.807) is 4.90 Å². The summed E-state index contributed by atoms with van der Waals surface area (Å²) in [5.41, 5.74) is -0.562. The summed E-state index contributed by atoms with van der Waals surface area (Å²) >= 11 is 0. The Bertz CT molecular complexity index is 460. The highest BCUT2D eigenvalue weighted by molar-refractivity contribution is 5.78. The number of hydrogen-bond acceptors (Lipinski definition) is 3. The molecule has 0 aromatic carbocycles. The van der Waals surface area contributed by atoms with Gasteiger partial charge in [-0.1, -0.05) is 0 Å². The van der Waals surface area contributed by atoms with Crippen molar-refractivity contribution in [3.63, 3.8) is 0 Å². The first kappa shape index (κ1) is 15.4. The molecule has 0 aromatic heterocycles. The molecule has 2 heterocycles. The van der Waals surface area contributed by atoms with Crippen molar-refractivity contribution in [1.82, 2.24) is 15.1 Å². The molecule has 3 rings (SSSR count). The number of amides is 3. The third kappa shape index (κ3) is 3.15. The number of carbonyl (C=O) groups excluding carboxylic acids is 2. The van der Waals surface area contributed by atoms with Crippen molar-refractivity contribution >= 4 is 12.1 Å². The fourth-order valence-corrected chi connectivity index (χ4v) is 3.36. The van der Waals surface area contributed by atoms with Crippen molar-refractivity contribution in [2.75, 3.05) is 26.2 Å². The van der Waals surface area contributed by atoms with Crippen LogP contribution in [0.15, 0.2) is 0 Å². The third-order valence-corrected chi connectivity index (χ3v) is 4.87. The van der Waals surface area contributed by atoms with Gasteiger partial charge in [-0.15, -0.1) is 0 Å². The number of nitrogens with one attached hydrogen (secondary N) is 1. The molecule has 0 unspecified atom stereocenters. The van der Waals surface area contributed by atoms with Crippen LogP contribution in [0.4, 0.5) is 9.59 Å². The summed E-state index contributed by atoms with van der Waals surface area (Å²) in [7, 11) is 0. The highest BCUT2D eigenvalue weighted by Crippen LogP contribution is 2.37. The summed E-state index contributed by atoms with van der Waals surface area (Å²) in [6.45, 7) is 8.54. The van der Waals surface area contributed by atoms with Gasteiger partial charge in [0, 0.05) is 26.2 Å². The van der Waals surface area contributed by atoms with Crippen LogP contribution >= 0.6 is 0 Å². The highest BCUT2D eigenvalue weighted by Gasteiger charge is 2.49. The Morgan fingerprint density at radius 1 is 1.32 bits per heavy atom. The van der Waals surface area contributed by atoms with Crippen LogP contribution in [0.3, 0.4) is 0 Å². The van der Waals surface area contributed by atoms with Gasteiger partial charge in [-0.3, -0.25) is 0 Å². The lowest BCUT2D eigenvalue weighted by Crippen LogP contribution is -2.56. The minimum Gasteiger partial charge on any atom is -0.444 e. The van der Waals surface area contributed by atoms with Gasteiger partial charge in [-0.2, -0.15) is 0 Å². The quantitative estimate of drug-likeness (QED) is 0.850. The van der Waals surface area contributed by atoms with E-state index in [1.165, 1.54) is 12.8 Å². The molecule has 0 atom stereocenters. The van der Waals surface area contributed by atoms with Gasteiger partial charge < -0.3 is 19.9 Å². The lowest BCUT2D eigenvalue weighted by molar-refractivity contribution is 0.00813. The number of carbonyl (C=O) groups is 2. The van der Waals surface area contributed by atoms with Crippen molar-refractivity contribution in [2.45, 2.75) is 57.6 Å². The molecule has 3 aliphatic rings. The largest absolute Gasteiger partial charge is 0.444 e. The minimum absolute atomic E-state index is 0.0672. The molecule has 1 saturated carbocycles. The van der Waals surface area contributed by atoms with Crippen LogP contribution in [0.2, 0.25) is 0 Å². The van der Waals surface area contributed by atoms with Crippen molar-refractivity contribution in [2.24, 2.45) is 5.92 Å². The van der Waals surface area contributed by atoms with Gasteiger partial charge in [0.1, 0.15) is 5.60 Å². The van der Waals surface area contributed by atoms with Crippen molar-refractivity contribution < 1.29 is 14.3 Å². The van der Waals surface area contributed by atoms with Gasteiger partial charge >= 0.3 is 12.1 Å². The van der Waals surface area contributed by atoms with Crippen LogP contribution in [0, 0.1) is 5.92 Å². The van der Waals surface area contributed by atoms with E-state index in [2.05, 4.69) is 5.32 Å². The van der Waals surface area contributed by atoms with Crippen LogP contribution in [0.25, 0.3) is 0 Å². The summed E-state index contributed by atoms with van der Waals surface area (Å²) in [6, 6.07) is 0.0672. The fraction of sp³-hybridized carbons (Fsp3) is 0.875. The molecule has 3 amide bonds. The molecule has 1 aliphatic carbocycles. The van der Waals surface area contributed by atoms with E-state index in [1.807, 2.05) is 25.7 Å². The molecule has 6 heteroatoms. The van der Waals surface area contributed by atoms with Gasteiger partial charge in [-0.25, -0.2) is 9.59 Å². The predicted molar refractivity (Wildman–Crippen MR) is 82.6 cm³/mol. The van der Waals surface area contributed by atoms with E-state index < -0.39 is 5.60 Å². The maximum absolute atomic E-state index is 12.2. The number of ether oxygens (including phenoxy) is 1. The first-order chi connectivity index (χ1) is 10.3. The summed E-state index contributed by atoms with van der Waals surface area (Å²) in [4.78, 5) is 28.1. The SMILES string of the molecule is CC(C)(C)OC(=O)N1CCC2(CC1)CNC(=O)N2CC1CC1. The number of nitrogens with zero attached hydrogens (tertiary/aromatic N) is 2. The normalized spacial score (nSPS) is 24.6. The zero-order chi connectivity index (χ0) is 16.0. The van der Waals surface area contributed by atoms with Gasteiger partial charge in [-0.05, 0) is 52.4 Å². The summed E-state index contributed by atoms with van der Waals surface area (Å²) in [6.07, 6.45) is 3.90. The summed E-state index contributed by atoms with van der Waals surface area (Å²) in [5.74, 6) is 0.685. The average Bonchev–Trinajstić information content (AvgIpc) is 3.20. The molecule has 124 valence electrons. The third-order valence-electron chi connectivity index (χ3n) is 4.87. The lowest BCUT2D eigenvalue weighted by atomic mass is 9.87. The van der Waals surface area contributed by atoms with E-state index in [0.29, 0.717) is 25.6 Å². The van der Waals surface area contributed by atoms with Gasteiger partial charge in [0.2, 0.25) is 0 Å². The van der Waals surface area contributed by atoms with E-state index >= 15 is 0 Å². The highest BCUT2D eigenvalue weighted by atomic mass is 16.6. The maximum atomic E-state index is 12.2. The number of hydrogen-bond donors (Lipinski definition) is 1. The second-order valence-electron chi connectivity index (χ2n) is 7.90. The zero-order valence-corrected chi connectivity index (χ0v) is 13.9. The van der Waals surface area contributed by atoms with Gasteiger partial charge in [0.15, 0.2) is 0 Å². The van der Waals surface area contributed by atoms with E-state index in [0.717, 1.165) is 19.4 Å². The standard InChI is InChI=1S/C16H27N3O3/c1-15(2,3)22-14(21)18-8-6-16(7-9-18)11-17-13(20)19(16)10-12-4-5-12/h12H,4-11H2,1-3H3,(H,17,20). The molecule has 2 saturated heterocycles. The van der Waals surface area contributed by atoms with Crippen molar-refractivity contribution in [3.8, 4) is 0 Å². The fourth-order valence-electron chi connectivity index (χ4n) is 3.36. The molecular weight excluding hydrogens is 282 g/mol. The molecule has 3 fully saturated rings. The Morgan fingerprint density at radius 2 is 1.95 bits per heavy atom. The van der Waals surface area contributed by atoms with Gasteiger partial charge in [0.25, 0.3) is 0 Å². The molecular formula is C16H27N3O3. The second kappa shape index (κ2) is 5.32. The van der Waals surface area contributed by atoms with Crippen molar-refractivity contribution in [1.29, 1.82) is 0 Å². The number of rotatable bonds is 2. The number of piperidine rings is 1. The smallest absolute Gasteiger partial charge is 0.410 e.